The van der Waals surface area contributed by atoms with Gasteiger partial charge in [0, 0.05) is 52.7 Å². The van der Waals surface area contributed by atoms with Crippen molar-refractivity contribution in [2.24, 2.45) is 0 Å². The molecule has 5 aromatic rings. The van der Waals surface area contributed by atoms with Gasteiger partial charge in [-0.05, 0) is 54.6 Å². The standard InChI is InChI=1S/C27H21N5OS/c1-31(22-11-15-28-16-12-22)27(33)24-7-2-3-8-26(24)34-23-10-9-20-19-30-32(25(20)18-23)17-13-21-6-4-5-14-29-21/h2-19H,1H3. The molecule has 0 atom stereocenters. The van der Waals surface area contributed by atoms with Crippen LogP contribution in [0.4, 0.5) is 5.69 Å². The predicted molar refractivity (Wildman–Crippen MR) is 137 cm³/mol. The fourth-order valence-electron chi connectivity index (χ4n) is 3.55. The predicted octanol–water partition coefficient (Wildman–Crippen LogP) is 5.88. The van der Waals surface area contributed by atoms with E-state index >= 15 is 0 Å². The Morgan fingerprint density at radius 3 is 2.62 bits per heavy atom. The van der Waals surface area contributed by atoms with Gasteiger partial charge in [-0.15, -0.1) is 0 Å². The van der Waals surface area contributed by atoms with E-state index in [0.717, 1.165) is 32.1 Å². The van der Waals surface area contributed by atoms with Crippen LogP contribution in [0.5, 0.6) is 0 Å². The number of fused-ring (bicyclic) bond motifs is 1. The summed E-state index contributed by atoms with van der Waals surface area (Å²) in [5.41, 5.74) is 3.29. The smallest absolute Gasteiger partial charge is 0.259 e. The van der Waals surface area contributed by atoms with Crippen molar-refractivity contribution in [3.8, 4) is 0 Å². The minimum absolute atomic E-state index is 0.0706. The minimum atomic E-state index is -0.0706. The third-order valence-electron chi connectivity index (χ3n) is 5.34. The first-order valence-corrected chi connectivity index (χ1v) is 11.5. The van der Waals surface area contributed by atoms with Crippen LogP contribution in [-0.4, -0.2) is 32.7 Å². The first-order chi connectivity index (χ1) is 16.7. The van der Waals surface area contributed by atoms with E-state index in [-0.39, 0.29) is 5.91 Å². The monoisotopic (exact) mass is 463 g/mol. The molecule has 5 rings (SSSR count). The second kappa shape index (κ2) is 9.72. The van der Waals surface area contributed by atoms with Crippen LogP contribution >= 0.6 is 11.8 Å². The first-order valence-electron chi connectivity index (χ1n) is 10.7. The topological polar surface area (TPSA) is 63.9 Å². The summed E-state index contributed by atoms with van der Waals surface area (Å²) in [5.74, 6) is -0.0706. The Balaban J connectivity index is 1.43. The molecule has 166 valence electrons. The van der Waals surface area contributed by atoms with Crippen molar-refractivity contribution >= 4 is 46.5 Å². The van der Waals surface area contributed by atoms with Crippen LogP contribution < -0.4 is 4.90 Å². The van der Waals surface area contributed by atoms with E-state index in [0.29, 0.717) is 5.56 Å². The van der Waals surface area contributed by atoms with Gasteiger partial charge in [0.05, 0.1) is 23.0 Å². The molecule has 7 heteroatoms. The van der Waals surface area contributed by atoms with Gasteiger partial charge in [-0.1, -0.05) is 36.0 Å². The van der Waals surface area contributed by atoms with Crippen molar-refractivity contribution in [2.75, 3.05) is 11.9 Å². The maximum Gasteiger partial charge on any atom is 0.259 e. The number of hydrogen-bond acceptors (Lipinski definition) is 5. The second-order valence-electron chi connectivity index (χ2n) is 7.55. The lowest BCUT2D eigenvalue weighted by Gasteiger charge is -2.19. The van der Waals surface area contributed by atoms with Crippen molar-refractivity contribution in [2.45, 2.75) is 9.79 Å². The molecule has 0 aliphatic carbocycles. The highest BCUT2D eigenvalue weighted by molar-refractivity contribution is 7.99. The van der Waals surface area contributed by atoms with Crippen LogP contribution in [0.1, 0.15) is 16.1 Å². The number of benzene rings is 2. The molecule has 3 heterocycles. The Morgan fingerprint density at radius 1 is 0.971 bits per heavy atom. The van der Waals surface area contributed by atoms with Crippen LogP contribution in [0.15, 0.2) is 107 Å². The summed E-state index contributed by atoms with van der Waals surface area (Å²) in [6, 6.07) is 23.3. The molecule has 34 heavy (non-hydrogen) atoms. The number of amides is 1. The van der Waals surface area contributed by atoms with E-state index in [2.05, 4.69) is 27.2 Å². The largest absolute Gasteiger partial charge is 0.311 e. The van der Waals surface area contributed by atoms with Crippen LogP contribution in [0.3, 0.4) is 0 Å². The van der Waals surface area contributed by atoms with Gasteiger partial charge in [0.25, 0.3) is 5.91 Å². The average molecular weight is 464 g/mol. The maximum atomic E-state index is 13.3. The molecule has 2 aromatic carbocycles. The van der Waals surface area contributed by atoms with Crippen LogP contribution in [0.2, 0.25) is 0 Å². The van der Waals surface area contributed by atoms with Gasteiger partial charge in [-0.3, -0.25) is 14.8 Å². The van der Waals surface area contributed by atoms with Crippen molar-refractivity contribution < 1.29 is 4.79 Å². The molecule has 0 bridgehead atoms. The molecular weight excluding hydrogens is 442 g/mol. The molecule has 1 amide bonds. The summed E-state index contributed by atoms with van der Waals surface area (Å²) in [6.45, 7) is 0. The summed E-state index contributed by atoms with van der Waals surface area (Å²) in [6.07, 6.45) is 10.8. The maximum absolute atomic E-state index is 13.3. The molecule has 0 aliphatic rings. The van der Waals surface area contributed by atoms with Gasteiger partial charge in [0.1, 0.15) is 0 Å². The number of anilines is 1. The minimum Gasteiger partial charge on any atom is -0.311 e. The number of carbonyl (C=O) groups excluding carboxylic acids is 1. The highest BCUT2D eigenvalue weighted by atomic mass is 32.2. The Hall–Kier alpha value is -4.23. The third-order valence-corrected chi connectivity index (χ3v) is 6.41. The quantitative estimate of drug-likeness (QED) is 0.315. The first kappa shape index (κ1) is 21.6. The summed E-state index contributed by atoms with van der Waals surface area (Å²) in [7, 11) is 1.78. The summed E-state index contributed by atoms with van der Waals surface area (Å²) in [5, 5.41) is 5.53. The highest BCUT2D eigenvalue weighted by Gasteiger charge is 2.17. The fraction of sp³-hybridized carbons (Fsp3) is 0.0370. The Bertz CT molecular complexity index is 1460. The zero-order valence-electron chi connectivity index (χ0n) is 18.4. The van der Waals surface area contributed by atoms with Gasteiger partial charge < -0.3 is 4.90 Å². The van der Waals surface area contributed by atoms with E-state index in [1.54, 1.807) is 42.3 Å². The molecule has 0 saturated heterocycles. The number of pyridine rings is 2. The molecule has 0 N–H and O–H groups in total. The molecule has 0 radical (unpaired) electrons. The van der Waals surface area contributed by atoms with Crippen LogP contribution in [-0.2, 0) is 0 Å². The van der Waals surface area contributed by atoms with E-state index in [9.17, 15) is 4.79 Å². The highest BCUT2D eigenvalue weighted by Crippen LogP contribution is 2.33. The summed E-state index contributed by atoms with van der Waals surface area (Å²) >= 11 is 1.56. The van der Waals surface area contributed by atoms with E-state index in [1.165, 1.54) is 0 Å². The van der Waals surface area contributed by atoms with Gasteiger partial charge in [0.2, 0.25) is 0 Å². The van der Waals surface area contributed by atoms with Crippen molar-refractivity contribution in [1.29, 1.82) is 0 Å². The SMILES string of the molecule is CN(C(=O)c1ccccc1Sc1ccc2cnn(C=Cc3ccccn3)c2c1)c1ccncc1. The zero-order chi connectivity index (χ0) is 23.3. The lowest BCUT2D eigenvalue weighted by Crippen LogP contribution is -2.26. The normalized spacial score (nSPS) is 11.2. The van der Waals surface area contributed by atoms with Crippen LogP contribution in [0, 0.1) is 0 Å². The number of hydrogen-bond donors (Lipinski definition) is 0. The molecule has 6 nitrogen and oxygen atoms in total. The number of aromatic nitrogens is 4. The second-order valence-corrected chi connectivity index (χ2v) is 8.66. The van der Waals surface area contributed by atoms with E-state index < -0.39 is 0 Å². The molecule has 0 fully saturated rings. The Morgan fingerprint density at radius 2 is 1.79 bits per heavy atom. The Kier molecular flexibility index (Phi) is 6.18. The Labute approximate surface area is 201 Å². The van der Waals surface area contributed by atoms with Crippen molar-refractivity contribution in [3.05, 3.63) is 109 Å². The molecule has 0 aliphatic heterocycles. The third kappa shape index (κ3) is 4.60. The van der Waals surface area contributed by atoms with E-state index in [4.69, 9.17) is 0 Å². The van der Waals surface area contributed by atoms with Gasteiger partial charge >= 0.3 is 0 Å². The number of rotatable bonds is 6. The lowest BCUT2D eigenvalue weighted by molar-refractivity contribution is 0.0990. The van der Waals surface area contributed by atoms with Crippen molar-refractivity contribution in [1.82, 2.24) is 19.7 Å². The van der Waals surface area contributed by atoms with Gasteiger partial charge in [0.15, 0.2) is 0 Å². The number of nitrogens with zero attached hydrogens (tertiary/aromatic N) is 5. The molecule has 3 aromatic heterocycles. The van der Waals surface area contributed by atoms with Gasteiger partial charge in [-0.2, -0.15) is 5.10 Å². The van der Waals surface area contributed by atoms with Gasteiger partial charge in [-0.25, -0.2) is 4.68 Å². The van der Waals surface area contributed by atoms with E-state index in [1.807, 2.05) is 83.8 Å². The number of carbonyl (C=O) groups is 1. The average Bonchev–Trinajstić information content (AvgIpc) is 3.30. The zero-order valence-corrected chi connectivity index (χ0v) is 19.3. The van der Waals surface area contributed by atoms with Crippen molar-refractivity contribution in [3.63, 3.8) is 0 Å². The molecular formula is C27H21N5OS. The summed E-state index contributed by atoms with van der Waals surface area (Å²) < 4.78 is 1.84. The fourth-order valence-corrected chi connectivity index (χ4v) is 4.52. The van der Waals surface area contributed by atoms with Crippen LogP contribution in [0.25, 0.3) is 23.2 Å². The lowest BCUT2D eigenvalue weighted by atomic mass is 10.2. The molecule has 0 unspecified atom stereocenters. The molecule has 0 saturated carbocycles. The summed E-state index contributed by atoms with van der Waals surface area (Å²) in [4.78, 5) is 25.2. The molecule has 0 spiro atoms.